The van der Waals surface area contributed by atoms with E-state index in [4.69, 9.17) is 17.3 Å². The van der Waals surface area contributed by atoms with Crippen LogP contribution in [0.5, 0.6) is 0 Å². The summed E-state index contributed by atoms with van der Waals surface area (Å²) in [6.07, 6.45) is 4.34. The number of rotatable bonds is 2. The summed E-state index contributed by atoms with van der Waals surface area (Å²) in [5.41, 5.74) is 7.37. The van der Waals surface area contributed by atoms with Crippen LogP contribution in [0.1, 0.15) is 5.56 Å². The van der Waals surface area contributed by atoms with Crippen LogP contribution in [0.25, 0.3) is 11.4 Å². The van der Waals surface area contributed by atoms with Gasteiger partial charge < -0.3 is 10.7 Å². The highest BCUT2D eigenvalue weighted by atomic mass is 35.5. The Morgan fingerprint density at radius 2 is 2.36 bits per heavy atom. The van der Waals surface area contributed by atoms with Crippen LogP contribution >= 0.6 is 11.6 Å². The summed E-state index contributed by atoms with van der Waals surface area (Å²) in [4.78, 5) is 6.96. The number of aromatic amines is 1. The standard InChI is InChI=1S/C10H9ClN3/c11-9-5-7(6-12)1-2-8(9)10-13-3-4-14-10/h1-3,5H,6,12H2,(H,13,14). The topological polar surface area (TPSA) is 54.7 Å². The van der Waals surface area contributed by atoms with Gasteiger partial charge in [-0.3, -0.25) is 0 Å². The fraction of sp³-hybridized carbons (Fsp3) is 0.100. The molecule has 2 rings (SSSR count). The van der Waals surface area contributed by atoms with Crippen molar-refractivity contribution < 1.29 is 0 Å². The maximum absolute atomic E-state index is 6.07. The van der Waals surface area contributed by atoms with E-state index in [0.29, 0.717) is 11.6 Å². The molecule has 0 atom stereocenters. The summed E-state index contributed by atoms with van der Waals surface area (Å²) >= 11 is 6.07. The molecule has 2 aromatic rings. The van der Waals surface area contributed by atoms with E-state index < -0.39 is 0 Å². The molecule has 0 saturated heterocycles. The average Bonchev–Trinajstić information content (AvgIpc) is 2.70. The maximum Gasteiger partial charge on any atom is 0.139 e. The minimum absolute atomic E-state index is 0.490. The highest BCUT2D eigenvalue weighted by molar-refractivity contribution is 6.33. The van der Waals surface area contributed by atoms with E-state index >= 15 is 0 Å². The fourth-order valence-corrected chi connectivity index (χ4v) is 1.54. The van der Waals surface area contributed by atoms with E-state index in [1.807, 2.05) is 18.2 Å². The monoisotopic (exact) mass is 206 g/mol. The molecule has 0 amide bonds. The van der Waals surface area contributed by atoms with Crippen molar-refractivity contribution in [3.63, 3.8) is 0 Å². The van der Waals surface area contributed by atoms with Gasteiger partial charge in [0.25, 0.3) is 0 Å². The van der Waals surface area contributed by atoms with Crippen LogP contribution < -0.4 is 5.73 Å². The van der Waals surface area contributed by atoms with Crippen LogP contribution in [0.4, 0.5) is 0 Å². The summed E-state index contributed by atoms with van der Waals surface area (Å²) < 4.78 is 0. The number of hydrogen-bond acceptors (Lipinski definition) is 2. The van der Waals surface area contributed by atoms with Gasteiger partial charge in [0.05, 0.1) is 5.02 Å². The van der Waals surface area contributed by atoms with Gasteiger partial charge in [-0.15, -0.1) is 0 Å². The molecule has 0 aliphatic rings. The second-order valence-electron chi connectivity index (χ2n) is 2.90. The smallest absolute Gasteiger partial charge is 0.139 e. The Morgan fingerprint density at radius 3 is 2.93 bits per heavy atom. The SMILES string of the molecule is NCc1ccc(-c2n[c]c[nH]2)c(Cl)c1. The Morgan fingerprint density at radius 1 is 1.50 bits per heavy atom. The highest BCUT2D eigenvalue weighted by Crippen LogP contribution is 2.25. The van der Waals surface area contributed by atoms with Gasteiger partial charge in [-0.2, -0.15) is 0 Å². The van der Waals surface area contributed by atoms with Gasteiger partial charge in [-0.1, -0.05) is 17.7 Å². The second kappa shape index (κ2) is 3.82. The van der Waals surface area contributed by atoms with E-state index in [9.17, 15) is 0 Å². The Labute approximate surface area is 86.9 Å². The van der Waals surface area contributed by atoms with Gasteiger partial charge >= 0.3 is 0 Å². The third-order valence-corrected chi connectivity index (χ3v) is 2.29. The van der Waals surface area contributed by atoms with Crippen LogP contribution in [-0.2, 0) is 6.54 Å². The van der Waals surface area contributed by atoms with Crippen LogP contribution in [0.3, 0.4) is 0 Å². The number of nitrogens with zero attached hydrogens (tertiary/aromatic N) is 1. The predicted molar refractivity (Wildman–Crippen MR) is 55.8 cm³/mol. The van der Waals surface area contributed by atoms with Gasteiger partial charge in [-0.05, 0) is 17.7 Å². The number of H-pyrrole nitrogens is 1. The number of hydrogen-bond donors (Lipinski definition) is 2. The Balaban J connectivity index is 2.46. The molecule has 0 saturated carbocycles. The molecule has 3 nitrogen and oxygen atoms in total. The molecule has 1 aromatic carbocycles. The molecule has 0 bridgehead atoms. The molecule has 0 fully saturated rings. The lowest BCUT2D eigenvalue weighted by molar-refractivity contribution is 1.07. The number of halogens is 1. The number of benzene rings is 1. The van der Waals surface area contributed by atoms with E-state index in [1.165, 1.54) is 0 Å². The zero-order valence-electron chi connectivity index (χ0n) is 7.42. The first-order valence-electron chi connectivity index (χ1n) is 4.21. The normalized spacial score (nSPS) is 10.4. The van der Waals surface area contributed by atoms with Crippen molar-refractivity contribution in [3.05, 3.63) is 41.2 Å². The Kier molecular flexibility index (Phi) is 2.52. The average molecular weight is 207 g/mol. The van der Waals surface area contributed by atoms with Crippen LogP contribution in [-0.4, -0.2) is 9.97 Å². The minimum atomic E-state index is 0.490. The van der Waals surface area contributed by atoms with E-state index in [-0.39, 0.29) is 0 Å². The number of aromatic nitrogens is 2. The molecule has 0 unspecified atom stereocenters. The van der Waals surface area contributed by atoms with Crippen molar-refractivity contribution in [1.82, 2.24) is 9.97 Å². The fourth-order valence-electron chi connectivity index (χ4n) is 1.25. The second-order valence-corrected chi connectivity index (χ2v) is 3.30. The van der Waals surface area contributed by atoms with Gasteiger partial charge in [0, 0.05) is 18.3 Å². The molecule has 14 heavy (non-hydrogen) atoms. The van der Waals surface area contributed by atoms with E-state index in [2.05, 4.69) is 16.2 Å². The molecule has 1 heterocycles. The van der Waals surface area contributed by atoms with Crippen LogP contribution in [0, 0.1) is 6.20 Å². The van der Waals surface area contributed by atoms with Gasteiger partial charge in [-0.25, -0.2) is 4.98 Å². The zero-order chi connectivity index (χ0) is 9.97. The van der Waals surface area contributed by atoms with Crippen molar-refractivity contribution in [2.45, 2.75) is 6.54 Å². The molecule has 1 aromatic heterocycles. The lowest BCUT2D eigenvalue weighted by atomic mass is 10.1. The third-order valence-electron chi connectivity index (χ3n) is 1.97. The molecular formula is C10H9ClN3. The summed E-state index contributed by atoms with van der Waals surface area (Å²) in [6.45, 7) is 0.490. The first kappa shape index (κ1) is 9.24. The molecule has 0 spiro atoms. The molecule has 3 N–H and O–H groups in total. The number of nitrogens with two attached hydrogens (primary N) is 1. The Hall–Kier alpha value is -1.32. The molecule has 0 aliphatic heterocycles. The lowest BCUT2D eigenvalue weighted by Gasteiger charge is -2.02. The first-order chi connectivity index (χ1) is 6.81. The summed E-state index contributed by atoms with van der Waals surface area (Å²) in [7, 11) is 0. The van der Waals surface area contributed by atoms with Crippen LogP contribution in [0.15, 0.2) is 24.4 Å². The van der Waals surface area contributed by atoms with Crippen molar-refractivity contribution in [2.75, 3.05) is 0 Å². The lowest BCUT2D eigenvalue weighted by Crippen LogP contribution is -1.96. The third kappa shape index (κ3) is 1.64. The van der Waals surface area contributed by atoms with E-state index in [0.717, 1.165) is 17.0 Å². The summed E-state index contributed by atoms with van der Waals surface area (Å²) in [6, 6.07) is 5.68. The number of nitrogens with one attached hydrogen (secondary N) is 1. The minimum Gasteiger partial charge on any atom is -0.344 e. The molecule has 1 radical (unpaired) electrons. The van der Waals surface area contributed by atoms with Crippen molar-refractivity contribution in [2.24, 2.45) is 5.73 Å². The number of imidazole rings is 1. The molecule has 71 valence electrons. The summed E-state index contributed by atoms with van der Waals surface area (Å²) in [5.74, 6) is 0.721. The van der Waals surface area contributed by atoms with Gasteiger partial charge in [0.1, 0.15) is 12.0 Å². The predicted octanol–water partition coefficient (Wildman–Crippen LogP) is 1.99. The molecule has 4 heteroatoms. The van der Waals surface area contributed by atoms with Crippen molar-refractivity contribution in [3.8, 4) is 11.4 Å². The van der Waals surface area contributed by atoms with Crippen LogP contribution in [0.2, 0.25) is 5.02 Å². The van der Waals surface area contributed by atoms with Gasteiger partial charge in [0.2, 0.25) is 0 Å². The zero-order valence-corrected chi connectivity index (χ0v) is 8.17. The van der Waals surface area contributed by atoms with Crippen molar-refractivity contribution in [1.29, 1.82) is 0 Å². The maximum atomic E-state index is 6.07. The Bertz CT molecular complexity index is 423. The van der Waals surface area contributed by atoms with Crippen molar-refractivity contribution >= 4 is 11.6 Å². The highest BCUT2D eigenvalue weighted by Gasteiger charge is 2.05. The summed E-state index contributed by atoms with van der Waals surface area (Å²) in [5, 5.41) is 0.649. The van der Waals surface area contributed by atoms with Gasteiger partial charge in [0.15, 0.2) is 0 Å². The first-order valence-corrected chi connectivity index (χ1v) is 4.59. The quantitative estimate of drug-likeness (QED) is 0.790. The largest absolute Gasteiger partial charge is 0.344 e. The molecular weight excluding hydrogens is 198 g/mol. The van der Waals surface area contributed by atoms with E-state index in [1.54, 1.807) is 6.20 Å². The molecule has 0 aliphatic carbocycles.